The predicted octanol–water partition coefficient (Wildman–Crippen LogP) is 2.70. The minimum absolute atomic E-state index is 0.230. The van der Waals surface area contributed by atoms with Crippen LogP contribution in [0, 0.1) is 0 Å². The molecule has 0 radical (unpaired) electrons. The smallest absolute Gasteiger partial charge is 0.225 e. The van der Waals surface area contributed by atoms with Crippen LogP contribution in [0.1, 0.15) is 26.2 Å². The van der Waals surface area contributed by atoms with Gasteiger partial charge in [0.25, 0.3) is 0 Å². The molecule has 0 N–H and O–H groups in total. The molecule has 0 aliphatic heterocycles. The summed E-state index contributed by atoms with van der Waals surface area (Å²) in [5.41, 5.74) is 0. The molecule has 0 unspecified atom stereocenters. The molecule has 0 bridgehead atoms. The molecule has 1 aromatic heterocycles. The van der Waals surface area contributed by atoms with Crippen LogP contribution < -0.4 is 4.74 Å². The molecule has 1 aromatic rings. The van der Waals surface area contributed by atoms with Crippen molar-refractivity contribution in [3.8, 4) is 5.88 Å². The predicted molar refractivity (Wildman–Crippen MR) is 52.1 cm³/mol. The Hall–Kier alpha value is -0.830. The Morgan fingerprint density at radius 2 is 2.31 bits per heavy atom. The third-order valence-corrected chi connectivity index (χ3v) is 1.78. The van der Waals surface area contributed by atoms with Crippen LogP contribution in [0.25, 0.3) is 0 Å². The van der Waals surface area contributed by atoms with Gasteiger partial charge in [-0.1, -0.05) is 19.8 Å². The molecule has 0 spiro atoms. The molecular formula is C9H13ClN2O. The number of rotatable bonds is 5. The number of aromatic nitrogens is 2. The fourth-order valence-electron chi connectivity index (χ4n) is 0.929. The molecule has 3 nitrogen and oxygen atoms in total. The lowest BCUT2D eigenvalue weighted by atomic mass is 10.3. The van der Waals surface area contributed by atoms with E-state index < -0.39 is 0 Å². The first kappa shape index (κ1) is 10.3. The highest BCUT2D eigenvalue weighted by atomic mass is 35.5. The third-order valence-electron chi connectivity index (χ3n) is 1.60. The van der Waals surface area contributed by atoms with Gasteiger partial charge in [-0.25, -0.2) is 4.98 Å². The highest BCUT2D eigenvalue weighted by Crippen LogP contribution is 2.08. The van der Waals surface area contributed by atoms with Gasteiger partial charge in [-0.3, -0.25) is 0 Å². The minimum atomic E-state index is 0.230. The van der Waals surface area contributed by atoms with Crippen molar-refractivity contribution in [3.63, 3.8) is 0 Å². The van der Waals surface area contributed by atoms with Crippen molar-refractivity contribution in [1.82, 2.24) is 9.97 Å². The summed E-state index contributed by atoms with van der Waals surface area (Å²) in [6, 6.07) is 1.71. The van der Waals surface area contributed by atoms with Crippen LogP contribution in [0.2, 0.25) is 5.28 Å². The molecule has 0 amide bonds. The summed E-state index contributed by atoms with van der Waals surface area (Å²) in [6.07, 6.45) is 5.01. The number of ether oxygens (including phenoxy) is 1. The minimum Gasteiger partial charge on any atom is -0.478 e. The fraction of sp³-hybridized carbons (Fsp3) is 0.556. The van der Waals surface area contributed by atoms with Crippen LogP contribution in [0.5, 0.6) is 5.88 Å². The molecule has 1 heterocycles. The molecule has 0 aromatic carbocycles. The zero-order valence-electron chi connectivity index (χ0n) is 7.66. The Balaban J connectivity index is 2.28. The van der Waals surface area contributed by atoms with Gasteiger partial charge in [-0.15, -0.1) is 0 Å². The largest absolute Gasteiger partial charge is 0.478 e. The fourth-order valence-corrected chi connectivity index (χ4v) is 1.07. The van der Waals surface area contributed by atoms with Crippen LogP contribution in [0.15, 0.2) is 12.3 Å². The average Bonchev–Trinajstić information content (AvgIpc) is 2.13. The summed E-state index contributed by atoms with van der Waals surface area (Å²) in [6.45, 7) is 2.85. The maximum absolute atomic E-state index is 5.58. The number of hydrogen-bond acceptors (Lipinski definition) is 3. The maximum Gasteiger partial charge on any atom is 0.225 e. The summed E-state index contributed by atoms with van der Waals surface area (Å²) in [7, 11) is 0. The van der Waals surface area contributed by atoms with Gasteiger partial charge >= 0.3 is 0 Å². The van der Waals surface area contributed by atoms with E-state index in [9.17, 15) is 0 Å². The van der Waals surface area contributed by atoms with Crippen LogP contribution in [0.3, 0.4) is 0 Å². The normalized spacial score (nSPS) is 10.0. The standard InChI is InChI=1S/C9H13ClN2O/c1-2-3-4-7-13-8-5-6-11-9(10)12-8/h5-6H,2-4,7H2,1H3. The summed E-state index contributed by atoms with van der Waals surface area (Å²) in [4.78, 5) is 7.66. The first-order valence-electron chi connectivity index (χ1n) is 4.44. The summed E-state index contributed by atoms with van der Waals surface area (Å²) in [5, 5.41) is 0.230. The van der Waals surface area contributed by atoms with Gasteiger partial charge in [0.15, 0.2) is 0 Å². The van der Waals surface area contributed by atoms with E-state index in [0.29, 0.717) is 12.5 Å². The van der Waals surface area contributed by atoms with E-state index in [-0.39, 0.29) is 5.28 Å². The Labute approximate surface area is 83.1 Å². The molecule has 0 saturated carbocycles. The van der Waals surface area contributed by atoms with E-state index in [1.807, 2.05) is 0 Å². The maximum atomic E-state index is 5.58. The lowest BCUT2D eigenvalue weighted by molar-refractivity contribution is 0.294. The Morgan fingerprint density at radius 3 is 3.00 bits per heavy atom. The van der Waals surface area contributed by atoms with Crippen LogP contribution >= 0.6 is 11.6 Å². The average molecular weight is 201 g/mol. The lowest BCUT2D eigenvalue weighted by Gasteiger charge is -2.03. The monoisotopic (exact) mass is 200 g/mol. The first-order valence-corrected chi connectivity index (χ1v) is 4.82. The Kier molecular flexibility index (Phi) is 4.54. The number of hydrogen-bond donors (Lipinski definition) is 0. The second-order valence-electron chi connectivity index (χ2n) is 2.72. The van der Waals surface area contributed by atoms with E-state index in [2.05, 4.69) is 16.9 Å². The number of nitrogens with zero attached hydrogens (tertiary/aromatic N) is 2. The second-order valence-corrected chi connectivity index (χ2v) is 3.06. The van der Waals surface area contributed by atoms with E-state index in [1.165, 1.54) is 12.8 Å². The van der Waals surface area contributed by atoms with Crippen molar-refractivity contribution < 1.29 is 4.74 Å². The van der Waals surface area contributed by atoms with E-state index >= 15 is 0 Å². The molecular weight excluding hydrogens is 188 g/mol. The van der Waals surface area contributed by atoms with Gasteiger partial charge < -0.3 is 4.74 Å². The van der Waals surface area contributed by atoms with Crippen molar-refractivity contribution in [2.75, 3.05) is 6.61 Å². The Morgan fingerprint density at radius 1 is 1.46 bits per heavy atom. The van der Waals surface area contributed by atoms with Crippen molar-refractivity contribution in [2.45, 2.75) is 26.2 Å². The van der Waals surface area contributed by atoms with E-state index in [1.54, 1.807) is 12.3 Å². The van der Waals surface area contributed by atoms with Crippen LogP contribution in [-0.2, 0) is 0 Å². The molecule has 0 aliphatic carbocycles. The van der Waals surface area contributed by atoms with Crippen LogP contribution in [-0.4, -0.2) is 16.6 Å². The van der Waals surface area contributed by atoms with Gasteiger partial charge in [-0.2, -0.15) is 4.98 Å². The SMILES string of the molecule is CCCCCOc1ccnc(Cl)n1. The van der Waals surface area contributed by atoms with Gasteiger partial charge in [0.2, 0.25) is 11.2 Å². The zero-order chi connectivity index (χ0) is 9.52. The number of halogens is 1. The first-order chi connectivity index (χ1) is 6.33. The summed E-state index contributed by atoms with van der Waals surface area (Å²) < 4.78 is 5.35. The number of unbranched alkanes of at least 4 members (excludes halogenated alkanes) is 2. The van der Waals surface area contributed by atoms with Crippen LogP contribution in [0.4, 0.5) is 0 Å². The molecule has 0 atom stereocenters. The third kappa shape index (κ3) is 4.08. The van der Waals surface area contributed by atoms with E-state index in [4.69, 9.17) is 16.3 Å². The molecule has 72 valence electrons. The van der Waals surface area contributed by atoms with Crippen molar-refractivity contribution in [3.05, 3.63) is 17.5 Å². The topological polar surface area (TPSA) is 35.0 Å². The van der Waals surface area contributed by atoms with Crippen molar-refractivity contribution >= 4 is 11.6 Å². The lowest BCUT2D eigenvalue weighted by Crippen LogP contribution is -1.99. The molecule has 4 heteroatoms. The quantitative estimate of drug-likeness (QED) is 0.542. The van der Waals surface area contributed by atoms with E-state index in [0.717, 1.165) is 6.42 Å². The van der Waals surface area contributed by atoms with Gasteiger partial charge in [-0.05, 0) is 18.0 Å². The molecule has 13 heavy (non-hydrogen) atoms. The van der Waals surface area contributed by atoms with Gasteiger partial charge in [0.1, 0.15) is 0 Å². The second kappa shape index (κ2) is 5.75. The molecule has 1 rings (SSSR count). The highest BCUT2D eigenvalue weighted by molar-refractivity contribution is 6.28. The van der Waals surface area contributed by atoms with Gasteiger partial charge in [0.05, 0.1) is 6.61 Å². The summed E-state index contributed by atoms with van der Waals surface area (Å²) >= 11 is 5.58. The highest BCUT2D eigenvalue weighted by Gasteiger charge is 1.96. The van der Waals surface area contributed by atoms with Crippen molar-refractivity contribution in [1.29, 1.82) is 0 Å². The van der Waals surface area contributed by atoms with Gasteiger partial charge in [0, 0.05) is 12.3 Å². The molecule has 0 aliphatic rings. The Bertz CT molecular complexity index is 255. The summed E-state index contributed by atoms with van der Waals surface area (Å²) in [5.74, 6) is 0.552. The molecule has 0 fully saturated rings. The zero-order valence-corrected chi connectivity index (χ0v) is 8.42. The van der Waals surface area contributed by atoms with Crippen molar-refractivity contribution in [2.24, 2.45) is 0 Å². The molecule has 0 saturated heterocycles.